The first-order valence-corrected chi connectivity index (χ1v) is 9.87. The highest BCUT2D eigenvalue weighted by Gasteiger charge is 2.45. The van der Waals surface area contributed by atoms with E-state index in [9.17, 15) is 19.5 Å². The number of likely N-dealkylation sites (tertiary alicyclic amines) is 1. The van der Waals surface area contributed by atoms with E-state index in [1.807, 2.05) is 19.0 Å². The number of hydrogen-bond acceptors (Lipinski definition) is 7. The molecule has 0 aliphatic carbocycles. The zero-order valence-electron chi connectivity index (χ0n) is 17.7. The second-order valence-corrected chi connectivity index (χ2v) is 7.50. The number of hydrogen-bond donors (Lipinski definition) is 1. The molecular formula is C23H25N3O5. The van der Waals surface area contributed by atoms with Crippen LogP contribution in [0.2, 0.25) is 0 Å². The van der Waals surface area contributed by atoms with E-state index in [1.165, 1.54) is 24.4 Å². The Morgan fingerprint density at radius 2 is 1.74 bits per heavy atom. The summed E-state index contributed by atoms with van der Waals surface area (Å²) < 4.78 is 4.73. The van der Waals surface area contributed by atoms with E-state index in [-0.39, 0.29) is 11.3 Å². The zero-order chi connectivity index (χ0) is 22.5. The molecule has 8 heteroatoms. The molecule has 0 spiro atoms. The van der Waals surface area contributed by atoms with Crippen LogP contribution in [0.25, 0.3) is 5.76 Å². The fraction of sp³-hybridized carbons (Fsp3) is 0.304. The van der Waals surface area contributed by atoms with Crippen molar-refractivity contribution in [3.63, 3.8) is 0 Å². The van der Waals surface area contributed by atoms with Crippen LogP contribution < -0.4 is 0 Å². The summed E-state index contributed by atoms with van der Waals surface area (Å²) in [5, 5.41) is 10.9. The molecule has 2 heterocycles. The number of carbonyl (C=O) groups is 3. The Labute approximate surface area is 180 Å². The fourth-order valence-corrected chi connectivity index (χ4v) is 3.60. The molecule has 31 heavy (non-hydrogen) atoms. The fourth-order valence-electron chi connectivity index (χ4n) is 3.60. The molecule has 3 rings (SSSR count). The molecule has 0 unspecified atom stereocenters. The molecule has 1 atom stereocenters. The number of amides is 1. The molecule has 0 saturated carbocycles. The third-order valence-electron chi connectivity index (χ3n) is 5.15. The first-order chi connectivity index (χ1) is 14.8. The third-order valence-corrected chi connectivity index (χ3v) is 5.15. The minimum absolute atomic E-state index is 0.0203. The van der Waals surface area contributed by atoms with Crippen molar-refractivity contribution in [2.45, 2.75) is 12.5 Å². The number of aliphatic hydroxyl groups excluding tert-OH is 1. The largest absolute Gasteiger partial charge is 0.507 e. The highest BCUT2D eigenvalue weighted by Crippen LogP contribution is 2.39. The van der Waals surface area contributed by atoms with Crippen molar-refractivity contribution in [1.82, 2.24) is 14.8 Å². The predicted octanol–water partition coefficient (Wildman–Crippen LogP) is 2.24. The quantitative estimate of drug-likeness (QED) is 0.315. The molecule has 1 aromatic heterocycles. The summed E-state index contributed by atoms with van der Waals surface area (Å²) in [6, 6.07) is 8.88. The van der Waals surface area contributed by atoms with Crippen LogP contribution in [0.4, 0.5) is 0 Å². The van der Waals surface area contributed by atoms with Gasteiger partial charge >= 0.3 is 5.97 Å². The van der Waals surface area contributed by atoms with E-state index < -0.39 is 23.7 Å². The normalized spacial score (nSPS) is 17.9. The minimum Gasteiger partial charge on any atom is -0.507 e. The second-order valence-electron chi connectivity index (χ2n) is 7.50. The lowest BCUT2D eigenvalue weighted by Gasteiger charge is -2.26. The predicted molar refractivity (Wildman–Crippen MR) is 114 cm³/mol. The zero-order valence-corrected chi connectivity index (χ0v) is 17.7. The van der Waals surface area contributed by atoms with Crippen molar-refractivity contribution in [2.75, 3.05) is 34.3 Å². The number of ketones is 1. The average molecular weight is 423 g/mol. The maximum absolute atomic E-state index is 12.9. The van der Waals surface area contributed by atoms with Crippen molar-refractivity contribution < 1.29 is 24.2 Å². The summed E-state index contributed by atoms with van der Waals surface area (Å²) >= 11 is 0. The van der Waals surface area contributed by atoms with Crippen molar-refractivity contribution >= 4 is 23.4 Å². The number of methoxy groups -OCH3 is 1. The van der Waals surface area contributed by atoms with E-state index >= 15 is 0 Å². The Bertz CT molecular complexity index is 1000. The number of esters is 1. The van der Waals surface area contributed by atoms with Gasteiger partial charge in [0, 0.05) is 24.5 Å². The van der Waals surface area contributed by atoms with Crippen molar-refractivity contribution in [2.24, 2.45) is 0 Å². The van der Waals surface area contributed by atoms with Crippen LogP contribution in [0.1, 0.15) is 33.9 Å². The summed E-state index contributed by atoms with van der Waals surface area (Å²) in [7, 11) is 5.16. The van der Waals surface area contributed by atoms with Crippen LogP contribution in [0.3, 0.4) is 0 Å². The van der Waals surface area contributed by atoms with E-state index in [0.29, 0.717) is 29.7 Å². The smallest absolute Gasteiger partial charge is 0.337 e. The average Bonchev–Trinajstić information content (AvgIpc) is 3.03. The number of ether oxygens (including phenoxy) is 1. The molecule has 1 N–H and O–H groups in total. The van der Waals surface area contributed by atoms with Crippen molar-refractivity contribution in [1.29, 1.82) is 0 Å². The van der Waals surface area contributed by atoms with Gasteiger partial charge in [-0.25, -0.2) is 4.79 Å². The van der Waals surface area contributed by atoms with Gasteiger partial charge in [0.1, 0.15) is 5.76 Å². The SMILES string of the molecule is COC(=O)c1ccc([C@H]2/C(=C(\O)c3ccncc3)C(=O)C(=O)N2CCCN(C)C)cc1. The number of benzene rings is 1. The minimum atomic E-state index is -0.762. The topological polar surface area (TPSA) is 100 Å². The van der Waals surface area contributed by atoms with Gasteiger partial charge in [-0.1, -0.05) is 12.1 Å². The molecule has 0 bridgehead atoms. The number of pyridine rings is 1. The lowest BCUT2D eigenvalue weighted by Crippen LogP contribution is -2.32. The lowest BCUT2D eigenvalue weighted by molar-refractivity contribution is -0.139. The van der Waals surface area contributed by atoms with Crippen LogP contribution >= 0.6 is 0 Å². The third kappa shape index (κ3) is 4.64. The standard InChI is InChI=1S/C23H25N3O5/c1-25(2)13-4-14-26-19(15-5-7-17(8-6-15)23(30)31-3)18(21(28)22(26)29)20(27)16-9-11-24-12-10-16/h5-12,19,27H,4,13-14H2,1-3H3/b20-18+/t19-/m0/s1. The van der Waals surface area contributed by atoms with E-state index in [0.717, 1.165) is 6.54 Å². The van der Waals surface area contributed by atoms with Gasteiger partial charge in [0.25, 0.3) is 11.7 Å². The van der Waals surface area contributed by atoms with Gasteiger partial charge in [0.2, 0.25) is 0 Å². The molecule has 1 amide bonds. The van der Waals surface area contributed by atoms with E-state index in [2.05, 4.69) is 4.98 Å². The molecule has 1 aromatic carbocycles. The maximum atomic E-state index is 12.9. The second kappa shape index (κ2) is 9.53. The highest BCUT2D eigenvalue weighted by atomic mass is 16.5. The molecule has 0 radical (unpaired) electrons. The van der Waals surface area contributed by atoms with Crippen LogP contribution in [0.5, 0.6) is 0 Å². The number of nitrogens with zero attached hydrogens (tertiary/aromatic N) is 3. The first kappa shape index (κ1) is 22.2. The monoisotopic (exact) mass is 423 g/mol. The molecular weight excluding hydrogens is 398 g/mol. The van der Waals surface area contributed by atoms with Crippen LogP contribution in [-0.4, -0.2) is 71.8 Å². The molecule has 2 aromatic rings. The lowest BCUT2D eigenvalue weighted by atomic mass is 9.95. The summed E-state index contributed by atoms with van der Waals surface area (Å²) in [6.07, 6.45) is 3.66. The Morgan fingerprint density at radius 3 is 2.32 bits per heavy atom. The maximum Gasteiger partial charge on any atom is 0.337 e. The number of Topliss-reactive ketones (excluding diaryl/α,β-unsaturated/α-hetero) is 1. The van der Waals surface area contributed by atoms with E-state index in [1.54, 1.807) is 36.4 Å². The van der Waals surface area contributed by atoms with E-state index in [4.69, 9.17) is 4.74 Å². The van der Waals surface area contributed by atoms with Gasteiger partial charge in [-0.3, -0.25) is 14.6 Å². The summed E-state index contributed by atoms with van der Waals surface area (Å²) in [4.78, 5) is 45.0. The number of rotatable bonds is 7. The molecule has 162 valence electrons. The van der Waals surface area contributed by atoms with Crippen LogP contribution in [-0.2, 0) is 14.3 Å². The van der Waals surface area contributed by atoms with Crippen molar-refractivity contribution in [3.8, 4) is 0 Å². The van der Waals surface area contributed by atoms with Gasteiger partial charge in [-0.2, -0.15) is 0 Å². The Balaban J connectivity index is 2.07. The first-order valence-electron chi connectivity index (χ1n) is 9.87. The van der Waals surface area contributed by atoms with Gasteiger partial charge in [0.05, 0.1) is 24.3 Å². The van der Waals surface area contributed by atoms with Crippen LogP contribution in [0, 0.1) is 0 Å². The van der Waals surface area contributed by atoms with Crippen molar-refractivity contribution in [3.05, 3.63) is 71.1 Å². The Hall–Kier alpha value is -3.52. The summed E-state index contributed by atoms with van der Waals surface area (Å²) in [5.74, 6) is -2.13. The molecule has 8 nitrogen and oxygen atoms in total. The summed E-state index contributed by atoms with van der Waals surface area (Å²) in [5.41, 5.74) is 1.39. The number of aliphatic hydroxyl groups is 1. The molecule has 1 aliphatic rings. The number of carbonyl (C=O) groups excluding carboxylic acids is 3. The highest BCUT2D eigenvalue weighted by molar-refractivity contribution is 6.46. The van der Waals surface area contributed by atoms with Crippen LogP contribution in [0.15, 0.2) is 54.4 Å². The molecule has 1 saturated heterocycles. The van der Waals surface area contributed by atoms with Gasteiger partial charge < -0.3 is 19.6 Å². The van der Waals surface area contributed by atoms with Gasteiger partial charge in [-0.15, -0.1) is 0 Å². The number of aromatic nitrogens is 1. The Kier molecular flexibility index (Phi) is 6.81. The van der Waals surface area contributed by atoms with Gasteiger partial charge in [0.15, 0.2) is 0 Å². The summed E-state index contributed by atoms with van der Waals surface area (Å²) in [6.45, 7) is 1.08. The molecule has 1 aliphatic heterocycles. The Morgan fingerprint density at radius 1 is 1.10 bits per heavy atom. The molecule has 1 fully saturated rings. The van der Waals surface area contributed by atoms with Gasteiger partial charge in [-0.05, 0) is 56.9 Å².